The third-order valence-electron chi connectivity index (χ3n) is 2.41. The van der Waals surface area contributed by atoms with Crippen LogP contribution in [0.15, 0.2) is 0 Å². The number of esters is 1. The SMILES string of the molecule is CCCCCCC(=O)OCCOCCN(C)C. The maximum atomic E-state index is 11.3. The van der Waals surface area contributed by atoms with E-state index in [0.29, 0.717) is 26.2 Å². The fourth-order valence-corrected chi connectivity index (χ4v) is 1.33. The summed E-state index contributed by atoms with van der Waals surface area (Å²) in [7, 11) is 4.00. The summed E-state index contributed by atoms with van der Waals surface area (Å²) in [5.41, 5.74) is 0. The summed E-state index contributed by atoms with van der Waals surface area (Å²) in [5, 5.41) is 0. The second-order valence-corrected chi connectivity index (χ2v) is 4.45. The molecule has 0 aliphatic heterocycles. The van der Waals surface area contributed by atoms with Crippen molar-refractivity contribution in [3.05, 3.63) is 0 Å². The summed E-state index contributed by atoms with van der Waals surface area (Å²) in [6.45, 7) is 4.60. The van der Waals surface area contributed by atoms with E-state index in [1.807, 2.05) is 14.1 Å². The first-order valence-corrected chi connectivity index (χ1v) is 6.55. The molecular weight excluding hydrogens is 218 g/mol. The minimum Gasteiger partial charge on any atom is -0.463 e. The Bertz CT molecular complexity index is 184. The molecule has 0 aromatic rings. The van der Waals surface area contributed by atoms with E-state index in [9.17, 15) is 4.79 Å². The molecule has 0 aliphatic rings. The third-order valence-corrected chi connectivity index (χ3v) is 2.41. The molecule has 0 saturated heterocycles. The predicted octanol–water partition coefficient (Wildman–Crippen LogP) is 2.08. The molecule has 0 unspecified atom stereocenters. The van der Waals surface area contributed by atoms with Gasteiger partial charge in [-0.1, -0.05) is 26.2 Å². The van der Waals surface area contributed by atoms with Crippen molar-refractivity contribution in [2.75, 3.05) is 40.5 Å². The Balaban J connectivity index is 3.16. The lowest BCUT2D eigenvalue weighted by atomic mass is 10.2. The normalized spacial score (nSPS) is 10.8. The molecular formula is C13H27NO3. The van der Waals surface area contributed by atoms with Gasteiger partial charge in [0.05, 0.1) is 13.2 Å². The summed E-state index contributed by atoms with van der Waals surface area (Å²) >= 11 is 0. The van der Waals surface area contributed by atoms with Gasteiger partial charge in [0.15, 0.2) is 0 Å². The Morgan fingerprint density at radius 1 is 1.06 bits per heavy atom. The van der Waals surface area contributed by atoms with Crippen LogP contribution in [0.3, 0.4) is 0 Å². The second-order valence-electron chi connectivity index (χ2n) is 4.45. The molecule has 0 radical (unpaired) electrons. The number of likely N-dealkylation sites (N-methyl/N-ethyl adjacent to an activating group) is 1. The third kappa shape index (κ3) is 13.3. The van der Waals surface area contributed by atoms with Crippen LogP contribution in [0.25, 0.3) is 0 Å². The summed E-state index contributed by atoms with van der Waals surface area (Å²) in [5.74, 6) is -0.0997. The number of carbonyl (C=O) groups is 1. The smallest absolute Gasteiger partial charge is 0.305 e. The molecule has 102 valence electrons. The molecule has 4 heteroatoms. The van der Waals surface area contributed by atoms with Gasteiger partial charge in [-0.15, -0.1) is 0 Å². The minimum atomic E-state index is -0.0997. The largest absolute Gasteiger partial charge is 0.463 e. The number of hydrogen-bond acceptors (Lipinski definition) is 4. The van der Waals surface area contributed by atoms with Gasteiger partial charge in [-0.2, -0.15) is 0 Å². The zero-order valence-electron chi connectivity index (χ0n) is 11.5. The van der Waals surface area contributed by atoms with E-state index in [1.165, 1.54) is 12.8 Å². The highest BCUT2D eigenvalue weighted by Crippen LogP contribution is 2.03. The first kappa shape index (κ1) is 16.4. The van der Waals surface area contributed by atoms with Crippen LogP contribution in [-0.2, 0) is 14.3 Å². The Kier molecular flexibility index (Phi) is 11.4. The molecule has 0 bridgehead atoms. The number of unbranched alkanes of at least 4 members (excludes halogenated alkanes) is 3. The van der Waals surface area contributed by atoms with Crippen LogP contribution in [0.1, 0.15) is 39.0 Å². The van der Waals surface area contributed by atoms with Crippen molar-refractivity contribution in [1.29, 1.82) is 0 Å². The average molecular weight is 245 g/mol. The van der Waals surface area contributed by atoms with E-state index >= 15 is 0 Å². The van der Waals surface area contributed by atoms with E-state index < -0.39 is 0 Å². The van der Waals surface area contributed by atoms with Crippen LogP contribution in [0.5, 0.6) is 0 Å². The zero-order valence-corrected chi connectivity index (χ0v) is 11.5. The summed E-state index contributed by atoms with van der Waals surface area (Å²) in [4.78, 5) is 13.3. The number of rotatable bonds is 11. The van der Waals surface area contributed by atoms with Gasteiger partial charge in [0, 0.05) is 13.0 Å². The highest BCUT2D eigenvalue weighted by Gasteiger charge is 2.01. The number of carbonyl (C=O) groups excluding carboxylic acids is 1. The molecule has 17 heavy (non-hydrogen) atoms. The van der Waals surface area contributed by atoms with E-state index in [1.54, 1.807) is 0 Å². The molecule has 0 amide bonds. The van der Waals surface area contributed by atoms with Gasteiger partial charge in [-0.05, 0) is 20.5 Å². The maximum Gasteiger partial charge on any atom is 0.305 e. The highest BCUT2D eigenvalue weighted by molar-refractivity contribution is 5.69. The quantitative estimate of drug-likeness (QED) is 0.413. The number of hydrogen-bond donors (Lipinski definition) is 0. The van der Waals surface area contributed by atoms with Crippen LogP contribution in [0.4, 0.5) is 0 Å². The summed E-state index contributed by atoms with van der Waals surface area (Å²) < 4.78 is 10.4. The molecule has 0 fully saturated rings. The summed E-state index contributed by atoms with van der Waals surface area (Å²) in [6, 6.07) is 0. The lowest BCUT2D eigenvalue weighted by Crippen LogP contribution is -2.19. The van der Waals surface area contributed by atoms with Gasteiger partial charge in [0.25, 0.3) is 0 Å². The van der Waals surface area contributed by atoms with Crippen molar-refractivity contribution >= 4 is 5.97 Å². The van der Waals surface area contributed by atoms with Gasteiger partial charge in [0.2, 0.25) is 0 Å². The summed E-state index contributed by atoms with van der Waals surface area (Å²) in [6.07, 6.45) is 4.98. The molecule has 4 nitrogen and oxygen atoms in total. The molecule has 0 aromatic heterocycles. The second kappa shape index (κ2) is 11.9. The van der Waals surface area contributed by atoms with Crippen molar-refractivity contribution in [2.45, 2.75) is 39.0 Å². The van der Waals surface area contributed by atoms with Crippen molar-refractivity contribution in [1.82, 2.24) is 4.90 Å². The molecule has 0 aliphatic carbocycles. The van der Waals surface area contributed by atoms with Gasteiger partial charge in [-0.25, -0.2) is 0 Å². The van der Waals surface area contributed by atoms with E-state index in [0.717, 1.165) is 19.4 Å². The molecule has 0 N–H and O–H groups in total. The Labute approximate surface area is 105 Å². The van der Waals surface area contributed by atoms with E-state index in [4.69, 9.17) is 9.47 Å². The zero-order chi connectivity index (χ0) is 12.9. The molecule has 0 heterocycles. The minimum absolute atomic E-state index is 0.0997. The van der Waals surface area contributed by atoms with Crippen LogP contribution < -0.4 is 0 Å². The van der Waals surface area contributed by atoms with E-state index in [-0.39, 0.29) is 5.97 Å². The lowest BCUT2D eigenvalue weighted by molar-refractivity contribution is -0.145. The number of ether oxygens (including phenoxy) is 2. The van der Waals surface area contributed by atoms with Crippen LogP contribution in [0, 0.1) is 0 Å². The lowest BCUT2D eigenvalue weighted by Gasteiger charge is -2.10. The van der Waals surface area contributed by atoms with Crippen molar-refractivity contribution < 1.29 is 14.3 Å². The first-order chi connectivity index (χ1) is 8.16. The van der Waals surface area contributed by atoms with Crippen molar-refractivity contribution in [3.63, 3.8) is 0 Å². The van der Waals surface area contributed by atoms with Crippen molar-refractivity contribution in [2.24, 2.45) is 0 Å². The Hall–Kier alpha value is -0.610. The highest BCUT2D eigenvalue weighted by atomic mass is 16.6. The number of nitrogens with zero attached hydrogens (tertiary/aromatic N) is 1. The van der Waals surface area contributed by atoms with Gasteiger partial charge >= 0.3 is 5.97 Å². The molecule has 0 saturated carbocycles. The Morgan fingerprint density at radius 3 is 2.47 bits per heavy atom. The van der Waals surface area contributed by atoms with Gasteiger partial charge in [-0.3, -0.25) is 4.79 Å². The monoisotopic (exact) mass is 245 g/mol. The van der Waals surface area contributed by atoms with Gasteiger partial charge < -0.3 is 14.4 Å². The maximum absolute atomic E-state index is 11.3. The molecule has 0 aromatic carbocycles. The topological polar surface area (TPSA) is 38.8 Å². The van der Waals surface area contributed by atoms with Crippen LogP contribution >= 0.6 is 0 Å². The standard InChI is InChI=1S/C13H27NO3/c1-4-5-6-7-8-13(15)17-12-11-16-10-9-14(2)3/h4-12H2,1-3H3. The molecule has 0 rings (SSSR count). The van der Waals surface area contributed by atoms with Crippen LogP contribution in [-0.4, -0.2) is 51.3 Å². The van der Waals surface area contributed by atoms with Gasteiger partial charge in [0.1, 0.15) is 6.61 Å². The molecule has 0 spiro atoms. The fourth-order valence-electron chi connectivity index (χ4n) is 1.33. The first-order valence-electron chi connectivity index (χ1n) is 6.55. The van der Waals surface area contributed by atoms with Crippen LogP contribution in [0.2, 0.25) is 0 Å². The van der Waals surface area contributed by atoms with Crippen molar-refractivity contribution in [3.8, 4) is 0 Å². The fraction of sp³-hybridized carbons (Fsp3) is 0.923. The Morgan fingerprint density at radius 2 is 1.82 bits per heavy atom. The predicted molar refractivity (Wildman–Crippen MR) is 69.1 cm³/mol. The average Bonchev–Trinajstić information content (AvgIpc) is 2.29. The molecule has 0 atom stereocenters. The van der Waals surface area contributed by atoms with E-state index in [2.05, 4.69) is 11.8 Å².